The predicted molar refractivity (Wildman–Crippen MR) is 256 cm³/mol. The van der Waals surface area contributed by atoms with Crippen LogP contribution in [-0.4, -0.2) is 128 Å². The molecule has 4 aromatic carbocycles. The summed E-state index contributed by atoms with van der Waals surface area (Å²) >= 11 is 3.73. The van der Waals surface area contributed by atoms with Gasteiger partial charge in [0.05, 0.1) is 74.0 Å². The van der Waals surface area contributed by atoms with E-state index in [9.17, 15) is 38.4 Å². The largest absolute Gasteiger partial charge is 0.468 e. The Bertz CT molecular complexity index is 2920. The smallest absolute Gasteiger partial charge is 0.316 e. The summed E-state index contributed by atoms with van der Waals surface area (Å²) in [5.41, 5.74) is 0.459. The first-order valence-electron chi connectivity index (χ1n) is 20.4. The van der Waals surface area contributed by atoms with Crippen molar-refractivity contribution in [1.82, 2.24) is 29.9 Å². The van der Waals surface area contributed by atoms with Crippen molar-refractivity contribution in [3.05, 3.63) is 117 Å². The summed E-state index contributed by atoms with van der Waals surface area (Å²) in [6.07, 6.45) is 0. The van der Waals surface area contributed by atoms with Gasteiger partial charge in [0.1, 0.15) is 0 Å². The lowest BCUT2D eigenvalue weighted by molar-refractivity contribution is -0.138. The second kappa shape index (κ2) is 21.4. The van der Waals surface area contributed by atoms with Crippen LogP contribution in [-0.2, 0) is 38.1 Å². The number of carbonyl (C=O) groups excluding carboxylic acids is 8. The number of thioether (sulfide) groups is 4. The maximum atomic E-state index is 14.9. The monoisotopic (exact) mass is 1020 g/mol. The zero-order chi connectivity index (χ0) is 49.6. The quantitative estimate of drug-likeness (QED) is 0.0617. The molecule has 0 fully saturated rings. The molecule has 6 aromatic rings. The molecule has 2 aliphatic rings. The number of fused-ring (bicyclic) bond motifs is 4. The van der Waals surface area contributed by atoms with Crippen LogP contribution in [0.1, 0.15) is 63.7 Å². The van der Waals surface area contributed by atoms with Gasteiger partial charge in [0.15, 0.2) is 43.8 Å². The van der Waals surface area contributed by atoms with Gasteiger partial charge in [-0.25, -0.2) is 0 Å². The average Bonchev–Trinajstić information content (AvgIpc) is 3.38. The summed E-state index contributed by atoms with van der Waals surface area (Å²) in [5.74, 6) is -5.33. The maximum Gasteiger partial charge on any atom is 0.316 e. The van der Waals surface area contributed by atoms with Crippen LogP contribution in [0.25, 0.3) is 11.1 Å². The molecule has 2 N–H and O–H groups in total. The summed E-state index contributed by atoms with van der Waals surface area (Å²) in [7, 11) is 4.92. The van der Waals surface area contributed by atoms with Crippen LogP contribution in [0, 0.1) is 0 Å². The Labute approximate surface area is 413 Å². The second-order valence-corrected chi connectivity index (χ2v) is 18.2. The fourth-order valence-electron chi connectivity index (χ4n) is 7.12. The third-order valence-electron chi connectivity index (χ3n) is 10.3. The van der Waals surface area contributed by atoms with Crippen LogP contribution in [0.15, 0.2) is 93.4 Å². The Kier molecular flexibility index (Phi) is 14.9. The summed E-state index contributed by atoms with van der Waals surface area (Å²) in [6.45, 7) is 0. The van der Waals surface area contributed by atoms with E-state index in [2.05, 4.69) is 40.5 Å². The molecule has 2 aliphatic carbocycles. The Morgan fingerprint density at radius 3 is 0.929 bits per heavy atom. The number of methoxy groups -OCH3 is 4. The number of esters is 4. The number of ketones is 4. The molecule has 0 bridgehead atoms. The molecule has 0 atom stereocenters. The zero-order valence-corrected chi connectivity index (χ0v) is 40.2. The van der Waals surface area contributed by atoms with Crippen LogP contribution in [0.2, 0.25) is 0 Å². The maximum absolute atomic E-state index is 14.9. The molecule has 0 radical (unpaired) electrons. The number of benzene rings is 4. The van der Waals surface area contributed by atoms with Gasteiger partial charge in [-0.3, -0.25) is 38.4 Å². The van der Waals surface area contributed by atoms with Crippen molar-refractivity contribution in [1.29, 1.82) is 0 Å². The van der Waals surface area contributed by atoms with Gasteiger partial charge >= 0.3 is 23.9 Å². The number of hydrogen-bond acceptors (Lipinski definition) is 24. The van der Waals surface area contributed by atoms with Crippen LogP contribution >= 0.6 is 47.0 Å². The highest BCUT2D eigenvalue weighted by Crippen LogP contribution is 2.44. The first kappa shape index (κ1) is 48.9. The minimum atomic E-state index is -0.562. The van der Waals surface area contributed by atoms with Gasteiger partial charge < -0.3 is 29.6 Å². The SMILES string of the molecule is COC(=O)CSc1nc(Nc2ccc(-c3ccc(Nc4nc(SCC(=O)OC)nc(SCC(=O)OC)n4)c4c3C(=O)c3ccccc3C4=O)c3c2C(=O)c2ccccc2C3=O)nc(SCC(=O)OC)n1. The van der Waals surface area contributed by atoms with E-state index in [-0.39, 0.29) is 123 Å². The Morgan fingerprint density at radius 1 is 0.386 bits per heavy atom. The van der Waals surface area contributed by atoms with Crippen molar-refractivity contribution < 1.29 is 57.3 Å². The summed E-state index contributed by atoms with van der Waals surface area (Å²) < 4.78 is 19.1. The summed E-state index contributed by atoms with van der Waals surface area (Å²) in [6, 6.07) is 18.6. The minimum Gasteiger partial charge on any atom is -0.468 e. The van der Waals surface area contributed by atoms with E-state index in [1.165, 1.54) is 77.0 Å². The van der Waals surface area contributed by atoms with Gasteiger partial charge in [0.25, 0.3) is 0 Å². The van der Waals surface area contributed by atoms with Crippen molar-refractivity contribution in [2.75, 3.05) is 62.1 Å². The first-order chi connectivity index (χ1) is 33.8. The summed E-state index contributed by atoms with van der Waals surface area (Å²) in [4.78, 5) is 134. The third-order valence-corrected chi connectivity index (χ3v) is 13.6. The average molecular weight is 1020 g/mol. The molecule has 354 valence electrons. The van der Waals surface area contributed by atoms with Crippen molar-refractivity contribution in [2.45, 2.75) is 20.6 Å². The van der Waals surface area contributed by atoms with E-state index in [1.54, 1.807) is 24.3 Å². The highest BCUT2D eigenvalue weighted by Gasteiger charge is 2.39. The van der Waals surface area contributed by atoms with E-state index in [4.69, 9.17) is 18.9 Å². The second-order valence-electron chi connectivity index (χ2n) is 14.4. The van der Waals surface area contributed by atoms with Gasteiger partial charge in [-0.2, -0.15) is 29.9 Å². The molecule has 0 unspecified atom stereocenters. The van der Waals surface area contributed by atoms with Crippen LogP contribution < -0.4 is 10.6 Å². The first-order valence-corrected chi connectivity index (χ1v) is 24.3. The number of hydrogen-bond donors (Lipinski definition) is 2. The lowest BCUT2D eigenvalue weighted by atomic mass is 9.75. The molecular weight excluding hydrogens is 985 g/mol. The molecule has 20 nitrogen and oxygen atoms in total. The number of rotatable bonds is 17. The number of nitrogens with zero attached hydrogens (tertiary/aromatic N) is 6. The van der Waals surface area contributed by atoms with E-state index in [0.29, 0.717) is 0 Å². The Balaban J connectivity index is 1.28. The van der Waals surface area contributed by atoms with Crippen LogP contribution in [0.3, 0.4) is 0 Å². The standard InChI is InChI=1S/C46H34N8O12S4/c1-63-29(55)17-67-43-49-41(50-44(53-43)68-18-30(56)64-2)47-27-15-13-21(33-35(27)39(61)25-11-7-5-9-23(25)37(33)59)22-14-16-28(36-34(22)38(60)24-10-6-8-12-26(24)40(36)62)48-42-51-45(69-19-31(57)65-3)54-46(52-42)70-20-32(58)66-4/h5-16H,17-20H2,1-4H3,(H,47,49,50,53)(H,48,51,52,54). The highest BCUT2D eigenvalue weighted by molar-refractivity contribution is 8.00. The zero-order valence-electron chi connectivity index (χ0n) is 37.0. The van der Waals surface area contributed by atoms with Gasteiger partial charge in [-0.1, -0.05) is 108 Å². The molecule has 24 heteroatoms. The Hall–Kier alpha value is -7.54. The number of anilines is 4. The topological polar surface area (TPSA) is 275 Å². The molecular formula is C46H34N8O12S4. The lowest BCUT2D eigenvalue weighted by Gasteiger charge is -2.26. The fraction of sp³-hybridized carbons (Fsp3) is 0.174. The molecule has 0 amide bonds. The van der Waals surface area contributed by atoms with E-state index in [0.717, 1.165) is 47.0 Å². The van der Waals surface area contributed by atoms with E-state index >= 15 is 0 Å². The van der Waals surface area contributed by atoms with Crippen molar-refractivity contribution >= 4 is 117 Å². The molecule has 0 spiro atoms. The number of nitrogens with one attached hydrogen (secondary N) is 2. The van der Waals surface area contributed by atoms with E-state index < -0.39 is 47.0 Å². The number of aromatic nitrogens is 6. The number of carbonyl (C=O) groups is 8. The molecule has 2 aromatic heterocycles. The van der Waals surface area contributed by atoms with Crippen LogP contribution in [0.4, 0.5) is 23.3 Å². The Morgan fingerprint density at radius 2 is 0.657 bits per heavy atom. The van der Waals surface area contributed by atoms with Gasteiger partial charge in [0.2, 0.25) is 11.9 Å². The summed E-state index contributed by atoms with van der Waals surface area (Å²) in [5, 5.41) is 6.39. The van der Waals surface area contributed by atoms with Crippen LogP contribution in [0.5, 0.6) is 0 Å². The number of ether oxygens (including phenoxy) is 4. The molecule has 8 rings (SSSR count). The predicted octanol–water partition coefficient (Wildman–Crippen LogP) is 5.82. The van der Waals surface area contributed by atoms with Crippen molar-refractivity contribution in [2.24, 2.45) is 0 Å². The molecule has 2 heterocycles. The van der Waals surface area contributed by atoms with Gasteiger partial charge in [-0.05, 0) is 23.3 Å². The molecule has 0 aliphatic heterocycles. The van der Waals surface area contributed by atoms with E-state index in [1.807, 2.05) is 0 Å². The normalized spacial score (nSPS) is 12.2. The van der Waals surface area contributed by atoms with Gasteiger partial charge in [0, 0.05) is 33.4 Å². The molecule has 0 saturated carbocycles. The molecule has 0 saturated heterocycles. The minimum absolute atomic E-state index is 0.0711. The lowest BCUT2D eigenvalue weighted by Crippen LogP contribution is -2.25. The van der Waals surface area contributed by atoms with Crippen molar-refractivity contribution in [3.63, 3.8) is 0 Å². The van der Waals surface area contributed by atoms with Crippen molar-refractivity contribution in [3.8, 4) is 11.1 Å². The molecule has 70 heavy (non-hydrogen) atoms. The third kappa shape index (κ3) is 10.2. The highest BCUT2D eigenvalue weighted by atomic mass is 32.2. The fourth-order valence-corrected chi connectivity index (χ4v) is 9.90. The van der Waals surface area contributed by atoms with Gasteiger partial charge in [-0.15, -0.1) is 0 Å².